The number of amides is 2. The molecule has 0 aliphatic rings. The molecule has 0 spiro atoms. The Labute approximate surface area is 216 Å². The van der Waals surface area contributed by atoms with E-state index in [0.29, 0.717) is 18.4 Å². The highest BCUT2D eigenvalue weighted by atomic mass is 32.2. The number of sulfonamides is 1. The van der Waals surface area contributed by atoms with Crippen LogP contribution in [0.3, 0.4) is 0 Å². The third-order valence-electron chi connectivity index (χ3n) is 6.00. The highest BCUT2D eigenvalue weighted by Gasteiger charge is 2.29. The first-order valence-corrected chi connectivity index (χ1v) is 14.0. The summed E-state index contributed by atoms with van der Waals surface area (Å²) in [4.78, 5) is 27.7. The molecule has 0 aliphatic heterocycles. The Bertz CT molecular complexity index is 1180. The van der Waals surface area contributed by atoms with Crippen LogP contribution < -0.4 is 9.62 Å². The largest absolute Gasteiger partial charge is 0.352 e. The monoisotopic (exact) mass is 541 g/mol. The number of rotatable bonds is 13. The van der Waals surface area contributed by atoms with Gasteiger partial charge in [0, 0.05) is 31.6 Å². The number of carbonyl (C=O) groups excluding carboxylic acids is 2. The van der Waals surface area contributed by atoms with Crippen molar-refractivity contribution < 1.29 is 31.2 Å². The van der Waals surface area contributed by atoms with Gasteiger partial charge in [-0.25, -0.2) is 21.6 Å². The molecule has 0 bridgehead atoms. The van der Waals surface area contributed by atoms with E-state index >= 15 is 0 Å². The Morgan fingerprint density at radius 2 is 1.62 bits per heavy atom. The normalized spacial score (nSPS) is 13.1. The Balaban J connectivity index is 2.23. The lowest BCUT2D eigenvalue weighted by atomic mass is 10.1. The second kappa shape index (κ2) is 13.5. The third-order valence-corrected chi connectivity index (χ3v) is 7.19. The number of benzene rings is 2. The van der Waals surface area contributed by atoms with Crippen LogP contribution >= 0.6 is 0 Å². The van der Waals surface area contributed by atoms with Crippen LogP contribution in [-0.4, -0.2) is 50.0 Å². The molecule has 0 heterocycles. The van der Waals surface area contributed by atoms with E-state index in [1.807, 2.05) is 13.8 Å². The molecule has 11 heteroatoms. The number of hydrogen-bond donors (Lipinski definition) is 1. The van der Waals surface area contributed by atoms with Crippen LogP contribution in [0.2, 0.25) is 0 Å². The summed E-state index contributed by atoms with van der Waals surface area (Å²) in [6.45, 7) is 5.46. The minimum absolute atomic E-state index is 0.0589. The lowest BCUT2D eigenvalue weighted by Crippen LogP contribution is -2.50. The van der Waals surface area contributed by atoms with Gasteiger partial charge in [-0.2, -0.15) is 0 Å². The Hall–Kier alpha value is -3.08. The van der Waals surface area contributed by atoms with Crippen LogP contribution in [0, 0.1) is 17.5 Å². The molecular weight excluding hydrogens is 507 g/mol. The highest BCUT2D eigenvalue weighted by Crippen LogP contribution is 2.22. The van der Waals surface area contributed by atoms with E-state index < -0.39 is 39.4 Å². The molecule has 37 heavy (non-hydrogen) atoms. The molecule has 0 unspecified atom stereocenters. The summed E-state index contributed by atoms with van der Waals surface area (Å²) in [5.41, 5.74) is 0.570. The van der Waals surface area contributed by atoms with E-state index in [4.69, 9.17) is 0 Å². The number of carbonyl (C=O) groups is 2. The fourth-order valence-corrected chi connectivity index (χ4v) is 4.75. The molecule has 7 nitrogen and oxygen atoms in total. The maximum atomic E-state index is 13.7. The summed E-state index contributed by atoms with van der Waals surface area (Å²) in [5, 5.41) is 2.89. The van der Waals surface area contributed by atoms with Crippen molar-refractivity contribution in [3.8, 4) is 0 Å². The van der Waals surface area contributed by atoms with Crippen molar-refractivity contribution >= 4 is 27.5 Å². The highest BCUT2D eigenvalue weighted by molar-refractivity contribution is 7.92. The van der Waals surface area contributed by atoms with Gasteiger partial charge in [0.2, 0.25) is 21.8 Å². The van der Waals surface area contributed by atoms with E-state index in [9.17, 15) is 31.2 Å². The van der Waals surface area contributed by atoms with Gasteiger partial charge in [-0.1, -0.05) is 26.0 Å². The fourth-order valence-electron chi connectivity index (χ4n) is 3.79. The van der Waals surface area contributed by atoms with Crippen molar-refractivity contribution in [3.63, 3.8) is 0 Å². The topological polar surface area (TPSA) is 86.8 Å². The maximum Gasteiger partial charge on any atom is 0.243 e. The van der Waals surface area contributed by atoms with Crippen molar-refractivity contribution in [2.75, 3.05) is 17.1 Å². The molecule has 0 saturated carbocycles. The molecule has 2 rings (SSSR count). The zero-order valence-electron chi connectivity index (χ0n) is 21.5. The molecule has 0 aliphatic carbocycles. The second-order valence-electron chi connectivity index (χ2n) is 8.93. The lowest BCUT2D eigenvalue weighted by molar-refractivity contribution is -0.141. The molecule has 204 valence electrons. The Kier molecular flexibility index (Phi) is 11.0. The summed E-state index contributed by atoms with van der Waals surface area (Å²) in [6.07, 6.45) is 1.93. The van der Waals surface area contributed by atoms with Crippen molar-refractivity contribution in [1.82, 2.24) is 10.2 Å². The number of nitrogens with zero attached hydrogens (tertiary/aromatic N) is 2. The maximum absolute atomic E-state index is 13.7. The lowest BCUT2D eigenvalue weighted by Gasteiger charge is -2.32. The van der Waals surface area contributed by atoms with Crippen molar-refractivity contribution in [2.45, 2.75) is 65.1 Å². The van der Waals surface area contributed by atoms with Crippen LogP contribution in [0.4, 0.5) is 18.9 Å². The molecular formula is C26H34F3N3O4S. The van der Waals surface area contributed by atoms with Gasteiger partial charge in [0.15, 0.2) is 11.6 Å². The Morgan fingerprint density at radius 3 is 2.16 bits per heavy atom. The van der Waals surface area contributed by atoms with E-state index in [1.54, 1.807) is 6.92 Å². The van der Waals surface area contributed by atoms with Gasteiger partial charge < -0.3 is 10.2 Å². The summed E-state index contributed by atoms with van der Waals surface area (Å²) >= 11 is 0. The zero-order valence-corrected chi connectivity index (χ0v) is 22.3. The minimum Gasteiger partial charge on any atom is -0.352 e. The molecule has 0 saturated heterocycles. The van der Waals surface area contributed by atoms with Gasteiger partial charge in [-0.3, -0.25) is 13.9 Å². The predicted octanol–water partition coefficient (Wildman–Crippen LogP) is 4.37. The van der Waals surface area contributed by atoms with Gasteiger partial charge >= 0.3 is 0 Å². The van der Waals surface area contributed by atoms with Crippen LogP contribution in [0.5, 0.6) is 0 Å². The molecule has 0 fully saturated rings. The van der Waals surface area contributed by atoms with Crippen molar-refractivity contribution in [2.24, 2.45) is 0 Å². The minimum atomic E-state index is -3.85. The van der Waals surface area contributed by atoms with Crippen LogP contribution in [-0.2, 0) is 26.2 Å². The summed E-state index contributed by atoms with van der Waals surface area (Å²) in [7, 11) is -3.85. The average molecular weight is 542 g/mol. The van der Waals surface area contributed by atoms with E-state index in [0.717, 1.165) is 28.8 Å². The quantitative estimate of drug-likeness (QED) is 0.408. The van der Waals surface area contributed by atoms with Crippen molar-refractivity contribution in [3.05, 3.63) is 65.5 Å². The molecule has 2 atom stereocenters. The number of anilines is 1. The summed E-state index contributed by atoms with van der Waals surface area (Å²) in [5.74, 6) is -3.43. The molecule has 2 amide bonds. The summed E-state index contributed by atoms with van der Waals surface area (Å²) in [6, 6.07) is 7.48. The van der Waals surface area contributed by atoms with Gasteiger partial charge in [0.05, 0.1) is 11.9 Å². The average Bonchev–Trinajstić information content (AvgIpc) is 2.83. The molecule has 2 aromatic carbocycles. The predicted molar refractivity (Wildman–Crippen MR) is 137 cm³/mol. The molecule has 1 N–H and O–H groups in total. The SMILES string of the molecule is CC[C@@H](C)NC(=O)[C@@H](CC)N(Cc1ccc(F)cc1)C(=O)CCCN(c1ccc(F)c(F)c1)S(C)(=O)=O. The number of hydrogen-bond acceptors (Lipinski definition) is 4. The Morgan fingerprint density at radius 1 is 0.973 bits per heavy atom. The van der Waals surface area contributed by atoms with Crippen LogP contribution in [0.15, 0.2) is 42.5 Å². The van der Waals surface area contributed by atoms with E-state index in [2.05, 4.69) is 5.32 Å². The van der Waals surface area contributed by atoms with Gasteiger partial charge in [0.25, 0.3) is 0 Å². The van der Waals surface area contributed by atoms with Crippen molar-refractivity contribution in [1.29, 1.82) is 0 Å². The second-order valence-corrected chi connectivity index (χ2v) is 10.8. The van der Waals surface area contributed by atoms with E-state index in [-0.39, 0.29) is 43.6 Å². The van der Waals surface area contributed by atoms with Gasteiger partial charge in [-0.15, -0.1) is 0 Å². The first kappa shape index (κ1) is 30.1. The van der Waals surface area contributed by atoms with Gasteiger partial charge in [0.1, 0.15) is 11.9 Å². The third kappa shape index (κ3) is 8.77. The zero-order chi connectivity index (χ0) is 27.8. The molecule has 0 radical (unpaired) electrons. The van der Waals surface area contributed by atoms with Gasteiger partial charge in [-0.05, 0) is 56.0 Å². The van der Waals surface area contributed by atoms with Crippen LogP contribution in [0.25, 0.3) is 0 Å². The van der Waals surface area contributed by atoms with E-state index in [1.165, 1.54) is 29.2 Å². The van der Waals surface area contributed by atoms with Crippen LogP contribution in [0.1, 0.15) is 52.0 Å². The number of halogens is 3. The number of nitrogens with one attached hydrogen (secondary N) is 1. The fraction of sp³-hybridized carbons (Fsp3) is 0.462. The molecule has 2 aromatic rings. The molecule has 0 aromatic heterocycles. The first-order chi connectivity index (χ1) is 17.4. The smallest absolute Gasteiger partial charge is 0.243 e. The first-order valence-electron chi connectivity index (χ1n) is 12.1. The summed E-state index contributed by atoms with van der Waals surface area (Å²) < 4.78 is 66.0. The standard InChI is InChI=1S/C26H34F3N3O4S/c1-5-18(3)30-26(34)24(6-2)31(17-19-9-11-20(27)12-10-19)25(33)8-7-15-32(37(4,35)36)21-13-14-22(28)23(29)16-21/h9-14,16,18,24H,5-8,15,17H2,1-4H3,(H,30,34)/t18-,24-/m1/s1.